The Kier molecular flexibility index (Phi) is 7.08. The monoisotopic (exact) mass is 340 g/mol. The second-order valence-corrected chi connectivity index (χ2v) is 7.62. The van der Waals surface area contributed by atoms with Crippen LogP contribution in [-0.2, 0) is 11.3 Å². The summed E-state index contributed by atoms with van der Waals surface area (Å²) in [6.45, 7) is 11.0. The van der Waals surface area contributed by atoms with Gasteiger partial charge in [0.25, 0.3) is 5.91 Å². The molecule has 0 aliphatic heterocycles. The van der Waals surface area contributed by atoms with E-state index in [4.69, 9.17) is 11.6 Å². The number of rotatable bonds is 8. The molecule has 6 heteroatoms. The van der Waals surface area contributed by atoms with Crippen molar-refractivity contribution in [2.24, 2.45) is 5.92 Å². The Hall–Kier alpha value is -1.35. The van der Waals surface area contributed by atoms with Gasteiger partial charge in [-0.2, -0.15) is 5.26 Å². The molecule has 120 valence electrons. The molecule has 0 saturated carbocycles. The largest absolute Gasteiger partial charge is 0.333 e. The van der Waals surface area contributed by atoms with Gasteiger partial charge in [0.05, 0.1) is 21.8 Å². The molecule has 0 aromatic carbocycles. The van der Waals surface area contributed by atoms with Crippen LogP contribution < -0.4 is 10.2 Å². The highest BCUT2D eigenvalue weighted by Gasteiger charge is 2.31. The number of hydrogen-bond acceptors (Lipinski definition) is 3. The van der Waals surface area contributed by atoms with Crippen LogP contribution in [0.15, 0.2) is 24.8 Å². The summed E-state index contributed by atoms with van der Waals surface area (Å²) in [7, 11) is 0. The lowest BCUT2D eigenvalue weighted by atomic mass is 9.90. The van der Waals surface area contributed by atoms with Crippen LogP contribution in [0.2, 0.25) is 4.34 Å². The van der Waals surface area contributed by atoms with Crippen molar-refractivity contribution in [3.05, 3.63) is 34.0 Å². The zero-order valence-corrected chi connectivity index (χ0v) is 14.9. The van der Waals surface area contributed by atoms with Gasteiger partial charge in [-0.15, -0.1) is 11.3 Å². The second kappa shape index (κ2) is 8.33. The molecule has 0 bridgehead atoms. The first-order valence-corrected chi connectivity index (χ1v) is 8.41. The Labute approximate surface area is 141 Å². The SMILES string of the molecule is C=CC[NH+](CC(=O)N[C@@](C)(C#N)C(C)C)Cc1ccc(Cl)s1. The van der Waals surface area contributed by atoms with Gasteiger partial charge >= 0.3 is 0 Å². The number of hydrogen-bond donors (Lipinski definition) is 2. The third-order valence-electron chi connectivity index (χ3n) is 3.68. The van der Waals surface area contributed by atoms with Crippen molar-refractivity contribution in [1.29, 1.82) is 5.26 Å². The zero-order valence-electron chi connectivity index (χ0n) is 13.3. The fraction of sp³-hybridized carbons (Fsp3) is 0.500. The van der Waals surface area contributed by atoms with Gasteiger partial charge in [-0.05, 0) is 31.1 Å². The lowest BCUT2D eigenvalue weighted by Gasteiger charge is -2.28. The van der Waals surface area contributed by atoms with Crippen molar-refractivity contribution >= 4 is 28.8 Å². The lowest BCUT2D eigenvalue weighted by molar-refractivity contribution is -0.899. The molecular formula is C16H23ClN3OS+. The minimum atomic E-state index is -0.845. The van der Waals surface area contributed by atoms with Gasteiger partial charge in [-0.3, -0.25) is 4.79 Å². The molecule has 0 radical (unpaired) electrons. The van der Waals surface area contributed by atoms with Gasteiger partial charge in [0.1, 0.15) is 12.1 Å². The van der Waals surface area contributed by atoms with Crippen LogP contribution in [0.3, 0.4) is 0 Å². The van der Waals surface area contributed by atoms with Gasteiger partial charge in [0.15, 0.2) is 6.54 Å². The predicted octanol–water partition coefficient (Wildman–Crippen LogP) is 2.03. The Morgan fingerprint density at radius 1 is 1.64 bits per heavy atom. The number of carbonyl (C=O) groups is 1. The molecule has 0 aliphatic carbocycles. The topological polar surface area (TPSA) is 57.3 Å². The highest BCUT2D eigenvalue weighted by atomic mass is 35.5. The molecule has 1 rings (SSSR count). The molecule has 4 nitrogen and oxygen atoms in total. The highest BCUT2D eigenvalue weighted by Crippen LogP contribution is 2.20. The van der Waals surface area contributed by atoms with Gasteiger partial charge in [0, 0.05) is 0 Å². The van der Waals surface area contributed by atoms with Crippen molar-refractivity contribution in [1.82, 2.24) is 5.32 Å². The summed E-state index contributed by atoms with van der Waals surface area (Å²) in [4.78, 5) is 14.5. The van der Waals surface area contributed by atoms with Crippen LogP contribution in [-0.4, -0.2) is 24.5 Å². The molecule has 0 aliphatic rings. The number of quaternary nitrogens is 1. The van der Waals surface area contributed by atoms with Crippen molar-refractivity contribution in [2.45, 2.75) is 32.9 Å². The van der Waals surface area contributed by atoms with E-state index in [0.29, 0.717) is 19.6 Å². The number of carbonyl (C=O) groups excluding carboxylic acids is 1. The van der Waals surface area contributed by atoms with E-state index < -0.39 is 5.54 Å². The highest BCUT2D eigenvalue weighted by molar-refractivity contribution is 7.16. The van der Waals surface area contributed by atoms with E-state index in [-0.39, 0.29) is 11.8 Å². The van der Waals surface area contributed by atoms with Gasteiger partial charge in [-0.25, -0.2) is 0 Å². The average molecular weight is 341 g/mol. The van der Waals surface area contributed by atoms with E-state index in [9.17, 15) is 10.1 Å². The number of thiophene rings is 1. The first-order chi connectivity index (χ1) is 10.3. The summed E-state index contributed by atoms with van der Waals surface area (Å²) in [5, 5.41) is 12.1. The first kappa shape index (κ1) is 18.7. The molecule has 0 spiro atoms. The minimum Gasteiger partial charge on any atom is -0.333 e. The molecule has 1 amide bonds. The summed E-state index contributed by atoms with van der Waals surface area (Å²) < 4.78 is 0.745. The summed E-state index contributed by atoms with van der Waals surface area (Å²) in [6, 6.07) is 6.02. The van der Waals surface area contributed by atoms with E-state index in [1.807, 2.05) is 26.0 Å². The molecule has 1 heterocycles. The Morgan fingerprint density at radius 3 is 2.77 bits per heavy atom. The number of halogens is 1. The molecule has 22 heavy (non-hydrogen) atoms. The molecule has 0 fully saturated rings. The van der Waals surface area contributed by atoms with Crippen LogP contribution in [0.25, 0.3) is 0 Å². The van der Waals surface area contributed by atoms with Gasteiger partial charge < -0.3 is 10.2 Å². The molecule has 2 N–H and O–H groups in total. The summed E-state index contributed by atoms with van der Waals surface area (Å²) in [5.41, 5.74) is -0.845. The van der Waals surface area contributed by atoms with Crippen LogP contribution in [0.5, 0.6) is 0 Å². The van der Waals surface area contributed by atoms with Crippen molar-refractivity contribution in [2.75, 3.05) is 13.1 Å². The quantitative estimate of drug-likeness (QED) is 0.711. The molecule has 1 aromatic heterocycles. The lowest BCUT2D eigenvalue weighted by Crippen LogP contribution is -3.11. The van der Waals surface area contributed by atoms with E-state index in [1.54, 1.807) is 13.0 Å². The molecule has 1 unspecified atom stereocenters. The molecular weight excluding hydrogens is 318 g/mol. The van der Waals surface area contributed by atoms with Crippen molar-refractivity contribution in [3.63, 3.8) is 0 Å². The zero-order chi connectivity index (χ0) is 16.8. The second-order valence-electron chi connectivity index (χ2n) is 5.82. The van der Waals surface area contributed by atoms with E-state index in [1.165, 1.54) is 11.3 Å². The maximum atomic E-state index is 12.3. The van der Waals surface area contributed by atoms with Crippen LogP contribution in [0.1, 0.15) is 25.6 Å². The van der Waals surface area contributed by atoms with Gasteiger partial charge in [-0.1, -0.05) is 32.0 Å². The predicted molar refractivity (Wildman–Crippen MR) is 90.9 cm³/mol. The maximum Gasteiger partial charge on any atom is 0.276 e. The molecule has 0 saturated heterocycles. The van der Waals surface area contributed by atoms with E-state index in [0.717, 1.165) is 14.1 Å². The van der Waals surface area contributed by atoms with Crippen molar-refractivity contribution in [3.8, 4) is 6.07 Å². The fourth-order valence-corrected chi connectivity index (χ4v) is 3.13. The third-order valence-corrected chi connectivity index (χ3v) is 4.91. The van der Waals surface area contributed by atoms with E-state index in [2.05, 4.69) is 18.0 Å². The molecule has 1 aromatic rings. The smallest absolute Gasteiger partial charge is 0.276 e. The number of amides is 1. The Morgan fingerprint density at radius 2 is 2.32 bits per heavy atom. The summed E-state index contributed by atoms with van der Waals surface area (Å²) in [6.07, 6.45) is 1.80. The standard InChI is InChI=1S/C16H22ClN3OS/c1-5-8-20(9-13-6-7-14(17)22-13)10-15(21)19-16(4,11-18)12(2)3/h5-7,12H,1,8-10H2,2-4H3,(H,19,21)/p+1/t16-/m0/s1. The normalized spacial score (nSPS) is 14.9. The van der Waals surface area contributed by atoms with E-state index >= 15 is 0 Å². The maximum absolute atomic E-state index is 12.3. The van der Waals surface area contributed by atoms with Gasteiger partial charge in [0.2, 0.25) is 0 Å². The first-order valence-electron chi connectivity index (χ1n) is 7.21. The van der Waals surface area contributed by atoms with Crippen LogP contribution in [0, 0.1) is 17.2 Å². The van der Waals surface area contributed by atoms with Crippen LogP contribution in [0.4, 0.5) is 0 Å². The number of nitrogens with one attached hydrogen (secondary N) is 2. The average Bonchev–Trinajstić information content (AvgIpc) is 2.83. The summed E-state index contributed by atoms with van der Waals surface area (Å²) in [5.74, 6) is -0.0855. The molecule has 2 atom stereocenters. The number of nitrogens with zero attached hydrogens (tertiary/aromatic N) is 1. The summed E-state index contributed by atoms with van der Waals surface area (Å²) >= 11 is 7.46. The minimum absolute atomic E-state index is 0.0420. The van der Waals surface area contributed by atoms with Crippen molar-refractivity contribution < 1.29 is 9.69 Å². The Bertz CT molecular complexity index is 564. The van der Waals surface area contributed by atoms with Crippen LogP contribution >= 0.6 is 22.9 Å². The number of nitriles is 1. The fourth-order valence-electron chi connectivity index (χ4n) is 1.97. The third kappa shape index (κ3) is 5.45. The Balaban J connectivity index is 2.68.